The van der Waals surface area contributed by atoms with Crippen molar-refractivity contribution in [2.45, 2.75) is 112 Å². The third-order valence-electron chi connectivity index (χ3n) is 6.15. The molecule has 1 heterocycles. The van der Waals surface area contributed by atoms with Gasteiger partial charge in [-0.15, -0.1) is 12.8 Å². The van der Waals surface area contributed by atoms with Crippen LogP contribution < -0.4 is 9.64 Å². The van der Waals surface area contributed by atoms with E-state index in [0.29, 0.717) is 5.75 Å². The van der Waals surface area contributed by atoms with E-state index < -0.39 is 5.60 Å². The third kappa shape index (κ3) is 19.3. The Kier molecular flexibility index (Phi) is 26.8. The minimum absolute atomic E-state index is 0.518. The van der Waals surface area contributed by atoms with Gasteiger partial charge in [-0.3, -0.25) is 0 Å². The van der Waals surface area contributed by atoms with Crippen molar-refractivity contribution in [2.75, 3.05) is 25.0 Å². The fourth-order valence-electron chi connectivity index (χ4n) is 3.85. The molecule has 1 saturated heterocycles. The van der Waals surface area contributed by atoms with Gasteiger partial charge in [0.05, 0.1) is 7.85 Å². The van der Waals surface area contributed by atoms with Crippen molar-refractivity contribution in [3.8, 4) is 18.6 Å². The predicted octanol–water partition coefficient (Wildman–Crippen LogP) is 9.11. The lowest BCUT2D eigenvalue weighted by molar-refractivity contribution is 0.0473. The lowest BCUT2D eigenvalue weighted by atomic mass is 10.0. The highest BCUT2D eigenvalue weighted by Gasteiger charge is 2.22. The van der Waals surface area contributed by atoms with E-state index in [1.54, 1.807) is 12.1 Å². The van der Waals surface area contributed by atoms with Gasteiger partial charge in [0.15, 0.2) is 0 Å². The van der Waals surface area contributed by atoms with Crippen molar-refractivity contribution >= 4 is 22.8 Å². The molecule has 0 saturated carbocycles. The fourth-order valence-corrected chi connectivity index (χ4v) is 3.98. The molecule has 0 spiro atoms. The summed E-state index contributed by atoms with van der Waals surface area (Å²) in [4.78, 5) is 4.79. The number of likely N-dealkylation sites (tertiary alicyclic amines) is 1. The lowest BCUT2D eigenvalue weighted by Crippen LogP contribution is -2.30. The first-order chi connectivity index (χ1) is 17.6. The summed E-state index contributed by atoms with van der Waals surface area (Å²) in [6.45, 7) is 20.7. The largest absolute Gasteiger partial charge is 0.455 e. The van der Waals surface area contributed by atoms with Gasteiger partial charge in [-0.1, -0.05) is 70.1 Å². The highest BCUT2D eigenvalue weighted by molar-refractivity contribution is 7.18. The second-order valence-electron chi connectivity index (χ2n) is 8.94. The summed E-state index contributed by atoms with van der Waals surface area (Å²) >= 11 is 0. The van der Waals surface area contributed by atoms with Crippen LogP contribution in [-0.4, -0.2) is 44.5 Å². The number of nitrogens with zero attached hydrogens (tertiary/aromatic N) is 2. The molecule has 1 aromatic rings. The molecule has 3 unspecified atom stereocenters. The summed E-state index contributed by atoms with van der Waals surface area (Å²) in [5.74, 6) is 1.43. The Morgan fingerprint density at radius 3 is 2.22 bits per heavy atom. The van der Waals surface area contributed by atoms with E-state index in [9.17, 15) is 4.39 Å². The zero-order valence-corrected chi connectivity index (χ0v) is 26.8. The molecule has 1 aromatic carbocycles. The van der Waals surface area contributed by atoms with Gasteiger partial charge in [0.1, 0.15) is 5.75 Å². The number of allylic oxidation sites excluding steroid dienone is 2. The maximum absolute atomic E-state index is 13.3. The molecule has 0 aliphatic carbocycles. The van der Waals surface area contributed by atoms with Crippen LogP contribution in [0.2, 0.25) is 6.82 Å². The second kappa shape index (κ2) is 24.8. The van der Waals surface area contributed by atoms with Gasteiger partial charge in [0.2, 0.25) is 0 Å². The monoisotopic (exact) mass is 534 g/mol. The number of alkyl halides is 1. The Bertz CT molecular complexity index is 689. The van der Waals surface area contributed by atoms with E-state index in [1.165, 1.54) is 64.6 Å². The Balaban J connectivity index is -0.000000535. The Labute approximate surface area is 234 Å². The number of ether oxygens (including phenoxy) is 1. The number of hydrogen-bond acceptors (Lipinski definition) is 3. The average molecular weight is 535 g/mol. The standard InChI is InChI=1S/C14H21FNOP.C12H25N.C2H6.C2H2.CH3B/c1-5-6-11(2)16(4)12-7-9-13(10-8-12)17-14(3,15)18;1-4-11(3)8-10-13-9-6-7-12(13)5-2;3*1-2/h6-10H,5,18H2,1-4H3;11-12H,4-10H2,1-3H3;1-2H3;1-2H;1H3/b11-6-;;;;/t;11-,12?;;;/m.1.../s1. The number of anilines is 1. The molecule has 1 fully saturated rings. The molecule has 0 amide bonds. The van der Waals surface area contributed by atoms with Crippen LogP contribution in [0.15, 0.2) is 36.0 Å². The Hall–Kier alpha value is -1.50. The summed E-state index contributed by atoms with van der Waals surface area (Å²) < 4.78 is 18.4. The number of rotatable bonds is 10. The highest BCUT2D eigenvalue weighted by Crippen LogP contribution is 2.27. The van der Waals surface area contributed by atoms with Crippen molar-refractivity contribution < 1.29 is 9.13 Å². The van der Waals surface area contributed by atoms with Gasteiger partial charge in [-0.05, 0) is 82.3 Å². The summed E-state index contributed by atoms with van der Waals surface area (Å²) in [5, 5.41) is 0. The van der Waals surface area contributed by atoms with Gasteiger partial charge in [-0.25, -0.2) is 0 Å². The topological polar surface area (TPSA) is 15.7 Å². The summed E-state index contributed by atoms with van der Waals surface area (Å²) in [5.41, 5.74) is 0.507. The quantitative estimate of drug-likeness (QED) is 0.169. The van der Waals surface area contributed by atoms with E-state index in [0.717, 1.165) is 24.1 Å². The van der Waals surface area contributed by atoms with Gasteiger partial charge in [0.25, 0.3) is 5.60 Å². The minimum Gasteiger partial charge on any atom is -0.455 e. The van der Waals surface area contributed by atoms with Crippen LogP contribution >= 0.6 is 9.24 Å². The molecule has 0 bridgehead atoms. The molecule has 1 aliphatic rings. The Morgan fingerprint density at radius 2 is 1.78 bits per heavy atom. The molecule has 37 heavy (non-hydrogen) atoms. The van der Waals surface area contributed by atoms with E-state index in [4.69, 9.17) is 4.74 Å². The molecule has 6 heteroatoms. The molecule has 1 aliphatic heterocycles. The second-order valence-corrected chi connectivity index (χ2v) is 9.97. The van der Waals surface area contributed by atoms with Crippen molar-refractivity contribution in [3.63, 3.8) is 0 Å². The molecule has 212 valence electrons. The molecule has 2 rings (SSSR count). The number of halogens is 1. The first-order valence-electron chi connectivity index (χ1n) is 13.9. The SMILES string of the molecule is C#C.CC.CC/C=C(/C)N(C)c1ccc(OC(C)(F)P)cc1.CCC1CCCN1CC[C@H](C)CC.[B]C. The summed E-state index contributed by atoms with van der Waals surface area (Å²) in [6, 6.07) is 8.28. The molecule has 4 atom stereocenters. The zero-order valence-electron chi connectivity index (χ0n) is 25.7. The summed E-state index contributed by atoms with van der Waals surface area (Å²) in [7, 11) is 8.52. The molecule has 0 N–H and O–H groups in total. The van der Waals surface area contributed by atoms with Gasteiger partial charge in [-0.2, -0.15) is 4.39 Å². The highest BCUT2D eigenvalue weighted by atomic mass is 31.0. The van der Waals surface area contributed by atoms with Crippen LogP contribution in [0.1, 0.15) is 93.9 Å². The molecular formula is C31H57BFN2OP. The normalized spacial score (nSPS) is 17.0. The zero-order chi connectivity index (χ0) is 29.4. The molecular weight excluding hydrogens is 477 g/mol. The van der Waals surface area contributed by atoms with Crippen molar-refractivity contribution in [3.05, 3.63) is 36.0 Å². The van der Waals surface area contributed by atoms with Crippen LogP contribution in [0.5, 0.6) is 5.75 Å². The lowest BCUT2D eigenvalue weighted by Gasteiger charge is -2.24. The van der Waals surface area contributed by atoms with Crippen LogP contribution in [0, 0.1) is 18.8 Å². The fraction of sp³-hybridized carbons (Fsp3) is 0.677. The smallest absolute Gasteiger partial charge is 0.256 e. The minimum atomic E-state index is -1.73. The molecule has 2 radical (unpaired) electrons. The van der Waals surface area contributed by atoms with Crippen molar-refractivity contribution in [2.24, 2.45) is 5.92 Å². The van der Waals surface area contributed by atoms with Gasteiger partial charge < -0.3 is 14.5 Å². The number of benzene rings is 1. The first-order valence-corrected chi connectivity index (χ1v) is 14.5. The van der Waals surface area contributed by atoms with Crippen LogP contribution in [0.25, 0.3) is 0 Å². The first kappa shape index (κ1) is 40.0. The summed E-state index contributed by atoms with van der Waals surface area (Å²) in [6.07, 6.45) is 18.1. The van der Waals surface area contributed by atoms with E-state index >= 15 is 0 Å². The molecule has 0 aromatic heterocycles. The van der Waals surface area contributed by atoms with Gasteiger partial charge in [0, 0.05) is 31.4 Å². The third-order valence-corrected chi connectivity index (χ3v) is 6.26. The van der Waals surface area contributed by atoms with E-state index in [2.05, 4.69) is 71.2 Å². The van der Waals surface area contributed by atoms with Crippen LogP contribution in [0.4, 0.5) is 10.1 Å². The van der Waals surface area contributed by atoms with E-state index in [1.807, 2.05) is 42.3 Å². The van der Waals surface area contributed by atoms with Crippen molar-refractivity contribution in [1.29, 1.82) is 0 Å². The molecule has 3 nitrogen and oxygen atoms in total. The van der Waals surface area contributed by atoms with Crippen molar-refractivity contribution in [1.82, 2.24) is 4.90 Å². The van der Waals surface area contributed by atoms with Crippen LogP contribution in [-0.2, 0) is 0 Å². The average Bonchev–Trinajstić information content (AvgIpc) is 3.38. The Morgan fingerprint density at radius 1 is 1.24 bits per heavy atom. The van der Waals surface area contributed by atoms with Crippen LogP contribution in [0.3, 0.4) is 0 Å². The maximum atomic E-state index is 13.3. The van der Waals surface area contributed by atoms with E-state index in [-0.39, 0.29) is 0 Å². The number of terminal acetylenes is 1. The number of hydrogen-bond donors (Lipinski definition) is 0. The predicted molar refractivity (Wildman–Crippen MR) is 171 cm³/mol. The maximum Gasteiger partial charge on any atom is 0.256 e. The van der Waals surface area contributed by atoms with Gasteiger partial charge >= 0.3 is 0 Å².